The van der Waals surface area contributed by atoms with Gasteiger partial charge in [0.2, 0.25) is 5.95 Å². The number of hydrogen-bond acceptors (Lipinski definition) is 4. The van der Waals surface area contributed by atoms with Gasteiger partial charge in [-0.25, -0.2) is 9.97 Å². The molecule has 20 heavy (non-hydrogen) atoms. The third-order valence-electron chi connectivity index (χ3n) is 3.50. The Kier molecular flexibility index (Phi) is 4.28. The number of nitrogens with zero attached hydrogens (tertiary/aromatic N) is 2. The van der Waals surface area contributed by atoms with E-state index in [0.717, 1.165) is 24.1 Å². The Balaban J connectivity index is 1.83. The van der Waals surface area contributed by atoms with E-state index >= 15 is 0 Å². The summed E-state index contributed by atoms with van der Waals surface area (Å²) in [7, 11) is 0. The predicted molar refractivity (Wildman–Crippen MR) is 81.5 cm³/mol. The molecule has 5 heteroatoms. The SMILES string of the molecule is Brc1cnc(N[C@H](c2ccccc2)[C@H]2CCOC2)nc1. The van der Waals surface area contributed by atoms with Crippen molar-refractivity contribution in [2.45, 2.75) is 12.5 Å². The summed E-state index contributed by atoms with van der Waals surface area (Å²) < 4.78 is 6.41. The van der Waals surface area contributed by atoms with E-state index in [1.807, 2.05) is 6.07 Å². The molecule has 0 aliphatic carbocycles. The molecule has 1 fully saturated rings. The Morgan fingerprint density at radius 3 is 2.60 bits per heavy atom. The molecule has 0 amide bonds. The first kappa shape index (κ1) is 13.5. The highest BCUT2D eigenvalue weighted by molar-refractivity contribution is 9.10. The van der Waals surface area contributed by atoms with Crippen LogP contribution >= 0.6 is 15.9 Å². The molecule has 1 aromatic carbocycles. The Labute approximate surface area is 126 Å². The van der Waals surface area contributed by atoms with Crippen LogP contribution in [-0.2, 0) is 4.74 Å². The van der Waals surface area contributed by atoms with Crippen molar-refractivity contribution < 1.29 is 4.74 Å². The van der Waals surface area contributed by atoms with Crippen LogP contribution in [0.25, 0.3) is 0 Å². The number of aromatic nitrogens is 2. The molecule has 1 aromatic heterocycles. The molecule has 2 atom stereocenters. The monoisotopic (exact) mass is 333 g/mol. The number of halogens is 1. The quantitative estimate of drug-likeness (QED) is 0.931. The highest BCUT2D eigenvalue weighted by atomic mass is 79.9. The summed E-state index contributed by atoms with van der Waals surface area (Å²) in [4.78, 5) is 8.61. The average Bonchev–Trinajstić information content (AvgIpc) is 3.01. The summed E-state index contributed by atoms with van der Waals surface area (Å²) in [6.07, 6.45) is 4.56. The third-order valence-corrected chi connectivity index (χ3v) is 3.91. The van der Waals surface area contributed by atoms with Gasteiger partial charge in [0.25, 0.3) is 0 Å². The van der Waals surface area contributed by atoms with E-state index in [1.54, 1.807) is 12.4 Å². The van der Waals surface area contributed by atoms with Gasteiger partial charge in [0.15, 0.2) is 0 Å². The molecule has 1 aliphatic heterocycles. The first-order chi connectivity index (χ1) is 9.83. The maximum Gasteiger partial charge on any atom is 0.223 e. The molecule has 0 spiro atoms. The minimum atomic E-state index is 0.180. The lowest BCUT2D eigenvalue weighted by Gasteiger charge is -2.24. The molecule has 3 rings (SSSR count). The van der Waals surface area contributed by atoms with Crippen molar-refractivity contribution in [3.8, 4) is 0 Å². The van der Waals surface area contributed by atoms with Crippen LogP contribution in [0.4, 0.5) is 5.95 Å². The molecule has 2 heterocycles. The fourth-order valence-electron chi connectivity index (χ4n) is 2.48. The summed E-state index contributed by atoms with van der Waals surface area (Å²) in [6.45, 7) is 1.61. The van der Waals surface area contributed by atoms with Crippen LogP contribution in [0.5, 0.6) is 0 Å². The summed E-state index contributed by atoms with van der Waals surface area (Å²) in [6, 6.07) is 10.6. The molecule has 1 saturated heterocycles. The molecule has 0 unspecified atom stereocenters. The average molecular weight is 334 g/mol. The van der Waals surface area contributed by atoms with Gasteiger partial charge in [-0.05, 0) is 27.9 Å². The van der Waals surface area contributed by atoms with Gasteiger partial charge in [-0.3, -0.25) is 0 Å². The Bertz CT molecular complexity index is 541. The van der Waals surface area contributed by atoms with Crippen LogP contribution in [0.15, 0.2) is 47.2 Å². The summed E-state index contributed by atoms with van der Waals surface area (Å²) in [5, 5.41) is 3.44. The predicted octanol–water partition coefficient (Wildman–Crippen LogP) is 3.43. The van der Waals surface area contributed by atoms with E-state index in [-0.39, 0.29) is 6.04 Å². The Morgan fingerprint density at radius 2 is 1.95 bits per heavy atom. The lowest BCUT2D eigenvalue weighted by molar-refractivity contribution is 0.182. The summed E-state index contributed by atoms with van der Waals surface area (Å²) in [5.41, 5.74) is 1.24. The van der Waals surface area contributed by atoms with Crippen molar-refractivity contribution in [1.29, 1.82) is 0 Å². The van der Waals surface area contributed by atoms with Crippen LogP contribution in [0.2, 0.25) is 0 Å². The Morgan fingerprint density at radius 1 is 1.20 bits per heavy atom. The van der Waals surface area contributed by atoms with Crippen LogP contribution in [0, 0.1) is 5.92 Å². The second-order valence-electron chi connectivity index (χ2n) is 4.88. The van der Waals surface area contributed by atoms with Gasteiger partial charge < -0.3 is 10.1 Å². The maximum absolute atomic E-state index is 5.53. The summed E-state index contributed by atoms with van der Waals surface area (Å²) in [5.74, 6) is 1.10. The lowest BCUT2D eigenvalue weighted by Crippen LogP contribution is -2.22. The zero-order valence-electron chi connectivity index (χ0n) is 11.0. The minimum absolute atomic E-state index is 0.180. The van der Waals surface area contributed by atoms with Gasteiger partial charge in [0.05, 0.1) is 17.1 Å². The van der Waals surface area contributed by atoms with Gasteiger partial charge in [-0.15, -0.1) is 0 Å². The zero-order chi connectivity index (χ0) is 13.8. The maximum atomic E-state index is 5.53. The van der Waals surface area contributed by atoms with Crippen LogP contribution in [0.3, 0.4) is 0 Å². The molecule has 2 aromatic rings. The van der Waals surface area contributed by atoms with Crippen molar-refractivity contribution in [2.24, 2.45) is 5.92 Å². The highest BCUT2D eigenvalue weighted by Crippen LogP contribution is 2.31. The van der Waals surface area contributed by atoms with Crippen molar-refractivity contribution in [1.82, 2.24) is 9.97 Å². The normalized spacial score (nSPS) is 19.8. The van der Waals surface area contributed by atoms with Crippen molar-refractivity contribution in [3.63, 3.8) is 0 Å². The third kappa shape index (κ3) is 3.16. The van der Waals surface area contributed by atoms with Crippen molar-refractivity contribution in [3.05, 3.63) is 52.8 Å². The van der Waals surface area contributed by atoms with E-state index in [2.05, 4.69) is 55.5 Å². The fourth-order valence-corrected chi connectivity index (χ4v) is 2.68. The molecule has 0 saturated carbocycles. The molecule has 0 radical (unpaired) electrons. The van der Waals surface area contributed by atoms with Crippen molar-refractivity contribution in [2.75, 3.05) is 18.5 Å². The van der Waals surface area contributed by atoms with Gasteiger partial charge in [-0.2, -0.15) is 0 Å². The number of hydrogen-bond donors (Lipinski definition) is 1. The number of nitrogens with one attached hydrogen (secondary N) is 1. The molecular formula is C15H16BrN3O. The van der Waals surface area contributed by atoms with Crippen LogP contribution in [-0.4, -0.2) is 23.2 Å². The molecule has 1 N–H and O–H groups in total. The Hall–Kier alpha value is -1.46. The molecule has 4 nitrogen and oxygen atoms in total. The van der Waals surface area contributed by atoms with E-state index in [9.17, 15) is 0 Å². The van der Waals surface area contributed by atoms with Gasteiger partial charge >= 0.3 is 0 Å². The van der Waals surface area contributed by atoms with Gasteiger partial charge in [0.1, 0.15) is 0 Å². The van der Waals surface area contributed by atoms with E-state index in [0.29, 0.717) is 11.9 Å². The summed E-state index contributed by atoms with van der Waals surface area (Å²) >= 11 is 3.35. The van der Waals surface area contributed by atoms with Gasteiger partial charge in [-0.1, -0.05) is 30.3 Å². The fraction of sp³-hybridized carbons (Fsp3) is 0.333. The van der Waals surface area contributed by atoms with E-state index in [4.69, 9.17) is 4.74 Å². The number of anilines is 1. The standard InChI is InChI=1S/C15H16BrN3O/c16-13-8-17-15(18-9-13)19-14(12-6-7-20-10-12)11-4-2-1-3-5-11/h1-5,8-9,12,14H,6-7,10H2,(H,17,18,19)/t12-,14+/m0/s1. The number of benzene rings is 1. The molecule has 0 bridgehead atoms. The minimum Gasteiger partial charge on any atom is -0.381 e. The highest BCUT2D eigenvalue weighted by Gasteiger charge is 2.27. The molecule has 1 aliphatic rings. The molecule has 104 valence electrons. The van der Waals surface area contributed by atoms with Crippen LogP contribution in [0.1, 0.15) is 18.0 Å². The van der Waals surface area contributed by atoms with Crippen LogP contribution < -0.4 is 5.32 Å². The van der Waals surface area contributed by atoms with Crippen molar-refractivity contribution >= 4 is 21.9 Å². The smallest absolute Gasteiger partial charge is 0.223 e. The second kappa shape index (κ2) is 6.33. The molecular weight excluding hydrogens is 318 g/mol. The van der Waals surface area contributed by atoms with E-state index in [1.165, 1.54) is 5.56 Å². The van der Waals surface area contributed by atoms with E-state index < -0.39 is 0 Å². The largest absolute Gasteiger partial charge is 0.381 e. The zero-order valence-corrected chi connectivity index (χ0v) is 12.6. The number of ether oxygens (including phenoxy) is 1. The number of rotatable bonds is 4. The second-order valence-corrected chi connectivity index (χ2v) is 5.80. The topological polar surface area (TPSA) is 47.0 Å². The lowest BCUT2D eigenvalue weighted by atomic mass is 9.92. The first-order valence-electron chi connectivity index (χ1n) is 6.70. The van der Waals surface area contributed by atoms with Gasteiger partial charge in [0, 0.05) is 24.9 Å². The first-order valence-corrected chi connectivity index (χ1v) is 7.49.